The molecule has 0 fully saturated rings. The first-order valence-electron chi connectivity index (χ1n) is 6.85. The quantitative estimate of drug-likeness (QED) is 0.670. The molecule has 6 nitrogen and oxygen atoms in total. The summed E-state index contributed by atoms with van der Waals surface area (Å²) in [6.45, 7) is 7.80. The van der Waals surface area contributed by atoms with E-state index in [-0.39, 0.29) is 12.6 Å². The van der Waals surface area contributed by atoms with Crippen molar-refractivity contribution in [3.8, 4) is 0 Å². The van der Waals surface area contributed by atoms with Gasteiger partial charge >= 0.3 is 0 Å². The molecule has 20 heavy (non-hydrogen) atoms. The van der Waals surface area contributed by atoms with Crippen LogP contribution in [0, 0.1) is 0 Å². The third-order valence-electron chi connectivity index (χ3n) is 2.87. The average Bonchev–Trinajstić information content (AvgIpc) is 2.80. The molecule has 0 aliphatic heterocycles. The Morgan fingerprint density at radius 3 is 2.65 bits per heavy atom. The van der Waals surface area contributed by atoms with Crippen LogP contribution >= 0.6 is 0 Å². The van der Waals surface area contributed by atoms with Gasteiger partial charge in [0, 0.05) is 37.6 Å². The van der Waals surface area contributed by atoms with Crippen LogP contribution in [0.4, 0.5) is 0 Å². The van der Waals surface area contributed by atoms with Crippen molar-refractivity contribution in [3.63, 3.8) is 0 Å². The Balaban J connectivity index is 2.86. The fourth-order valence-electron chi connectivity index (χ4n) is 1.92. The topological polar surface area (TPSA) is 72.4 Å². The minimum Gasteiger partial charge on any atom is -0.380 e. The van der Waals surface area contributed by atoms with Gasteiger partial charge < -0.3 is 14.6 Å². The van der Waals surface area contributed by atoms with Gasteiger partial charge in [0.2, 0.25) is 10.0 Å². The van der Waals surface area contributed by atoms with Crippen LogP contribution in [0.25, 0.3) is 0 Å². The van der Waals surface area contributed by atoms with E-state index in [1.54, 1.807) is 12.3 Å². The number of hydrogen-bond acceptors (Lipinski definition) is 4. The Kier molecular flexibility index (Phi) is 6.67. The highest BCUT2D eigenvalue weighted by molar-refractivity contribution is 7.89. The second kappa shape index (κ2) is 7.78. The molecule has 0 aliphatic carbocycles. The van der Waals surface area contributed by atoms with E-state index in [0.717, 1.165) is 5.69 Å². The molecule has 0 unspecified atom stereocenters. The highest BCUT2D eigenvalue weighted by Gasteiger charge is 2.18. The van der Waals surface area contributed by atoms with E-state index in [9.17, 15) is 8.42 Å². The maximum absolute atomic E-state index is 12.2. The monoisotopic (exact) mass is 303 g/mol. The number of sulfonamides is 1. The summed E-state index contributed by atoms with van der Waals surface area (Å²) in [5.74, 6) is 0. The summed E-state index contributed by atoms with van der Waals surface area (Å²) in [4.78, 5) is 0.299. The first-order chi connectivity index (χ1) is 9.42. The highest BCUT2D eigenvalue weighted by Crippen LogP contribution is 2.18. The highest BCUT2D eigenvalue weighted by atomic mass is 32.2. The second-order valence-electron chi connectivity index (χ2n) is 4.79. The van der Waals surface area contributed by atoms with Gasteiger partial charge in [-0.05, 0) is 33.9 Å². The van der Waals surface area contributed by atoms with E-state index in [0.29, 0.717) is 24.7 Å². The molecule has 0 amide bonds. The van der Waals surface area contributed by atoms with Gasteiger partial charge in [-0.1, -0.05) is 0 Å². The molecule has 0 atom stereocenters. The molecule has 0 saturated carbocycles. The van der Waals surface area contributed by atoms with Crippen molar-refractivity contribution in [3.05, 3.63) is 18.0 Å². The van der Waals surface area contributed by atoms with Gasteiger partial charge in [0.05, 0.1) is 11.5 Å². The second-order valence-corrected chi connectivity index (χ2v) is 6.56. The molecule has 0 saturated heterocycles. The first-order valence-corrected chi connectivity index (χ1v) is 8.33. The van der Waals surface area contributed by atoms with Gasteiger partial charge in [-0.25, -0.2) is 13.1 Å². The molecule has 1 aromatic heterocycles. The van der Waals surface area contributed by atoms with E-state index < -0.39 is 10.0 Å². The summed E-state index contributed by atoms with van der Waals surface area (Å²) in [5, 5.41) is 3.05. The van der Waals surface area contributed by atoms with E-state index in [1.807, 2.05) is 32.4 Å². The Hall–Kier alpha value is -0.890. The smallest absolute Gasteiger partial charge is 0.242 e. The van der Waals surface area contributed by atoms with Crippen molar-refractivity contribution < 1.29 is 13.2 Å². The summed E-state index contributed by atoms with van der Waals surface area (Å²) in [7, 11) is -1.63. The Morgan fingerprint density at radius 1 is 1.40 bits per heavy atom. The van der Waals surface area contributed by atoms with Crippen LogP contribution in [-0.4, -0.2) is 39.8 Å². The molecule has 7 heteroatoms. The molecule has 0 aromatic carbocycles. The van der Waals surface area contributed by atoms with Crippen LogP contribution in [0.2, 0.25) is 0 Å². The lowest BCUT2D eigenvalue weighted by molar-refractivity contribution is 0.153. The zero-order valence-electron chi connectivity index (χ0n) is 12.6. The molecule has 1 heterocycles. The zero-order chi connectivity index (χ0) is 15.2. The molecule has 116 valence electrons. The van der Waals surface area contributed by atoms with Crippen LogP contribution in [0.15, 0.2) is 17.2 Å². The van der Waals surface area contributed by atoms with E-state index in [1.165, 1.54) is 0 Å². The van der Waals surface area contributed by atoms with Crippen molar-refractivity contribution in [2.45, 2.75) is 38.3 Å². The molecule has 1 aromatic rings. The maximum atomic E-state index is 12.2. The third-order valence-corrected chi connectivity index (χ3v) is 4.30. The molecular formula is C13H25N3O3S. The van der Waals surface area contributed by atoms with Crippen LogP contribution in [-0.2, 0) is 21.3 Å². The van der Waals surface area contributed by atoms with Gasteiger partial charge in [-0.15, -0.1) is 0 Å². The van der Waals surface area contributed by atoms with Crippen molar-refractivity contribution in [1.29, 1.82) is 0 Å². The lowest BCUT2D eigenvalue weighted by atomic mass is 10.3. The van der Waals surface area contributed by atoms with Crippen LogP contribution in [0.5, 0.6) is 0 Å². The van der Waals surface area contributed by atoms with E-state index in [2.05, 4.69) is 10.0 Å². The summed E-state index contributed by atoms with van der Waals surface area (Å²) in [6, 6.07) is 1.92. The number of rotatable bonds is 9. The van der Waals surface area contributed by atoms with E-state index >= 15 is 0 Å². The summed E-state index contributed by atoms with van der Waals surface area (Å²) in [5.41, 5.74) is 0.952. The van der Waals surface area contributed by atoms with E-state index in [4.69, 9.17) is 4.74 Å². The molecule has 0 radical (unpaired) electrons. The minimum atomic E-state index is -3.47. The van der Waals surface area contributed by atoms with Gasteiger partial charge in [-0.2, -0.15) is 0 Å². The standard InChI is InChI=1S/C13H25N3O3S/c1-5-19-7-6-15-20(17,18)13-8-12(9-14-4)16(10-13)11(2)3/h8,10-11,14-15H,5-7,9H2,1-4H3. The fraction of sp³-hybridized carbons (Fsp3) is 0.692. The molecule has 2 N–H and O–H groups in total. The Morgan fingerprint density at radius 2 is 2.10 bits per heavy atom. The van der Waals surface area contributed by atoms with Gasteiger partial charge in [0.15, 0.2) is 0 Å². The van der Waals surface area contributed by atoms with Gasteiger partial charge in [0.1, 0.15) is 0 Å². The largest absolute Gasteiger partial charge is 0.380 e. The van der Waals surface area contributed by atoms with Crippen LogP contribution in [0.1, 0.15) is 32.5 Å². The number of aromatic nitrogens is 1. The number of ether oxygens (including phenoxy) is 1. The molecule has 1 rings (SSSR count). The lowest BCUT2D eigenvalue weighted by Crippen LogP contribution is -2.27. The van der Waals surface area contributed by atoms with Gasteiger partial charge in [0.25, 0.3) is 0 Å². The Labute approximate surface area is 121 Å². The molecule has 0 aliphatic rings. The normalized spacial score (nSPS) is 12.2. The number of nitrogens with one attached hydrogen (secondary N) is 2. The predicted octanol–water partition coefficient (Wildman–Crippen LogP) is 1.10. The van der Waals surface area contributed by atoms with Crippen molar-refractivity contribution in [2.75, 3.05) is 26.8 Å². The molecular weight excluding hydrogens is 278 g/mol. The SMILES string of the molecule is CCOCCNS(=O)(=O)c1cc(CNC)n(C(C)C)c1. The average molecular weight is 303 g/mol. The van der Waals surface area contributed by atoms with Crippen LogP contribution < -0.4 is 10.0 Å². The predicted molar refractivity (Wildman–Crippen MR) is 79.3 cm³/mol. The van der Waals surface area contributed by atoms with Crippen molar-refractivity contribution in [2.24, 2.45) is 0 Å². The summed E-state index contributed by atoms with van der Waals surface area (Å²) in [6.07, 6.45) is 1.68. The van der Waals surface area contributed by atoms with Gasteiger partial charge in [-0.3, -0.25) is 0 Å². The maximum Gasteiger partial charge on any atom is 0.242 e. The Bertz CT molecular complexity index is 509. The lowest BCUT2D eigenvalue weighted by Gasteiger charge is -2.12. The number of hydrogen-bond donors (Lipinski definition) is 2. The first kappa shape index (κ1) is 17.2. The molecule has 0 spiro atoms. The fourth-order valence-corrected chi connectivity index (χ4v) is 2.99. The van der Waals surface area contributed by atoms with Crippen LogP contribution in [0.3, 0.4) is 0 Å². The van der Waals surface area contributed by atoms with Crippen molar-refractivity contribution in [1.82, 2.24) is 14.6 Å². The minimum absolute atomic E-state index is 0.214. The summed E-state index contributed by atoms with van der Waals surface area (Å²) < 4.78 is 34.0. The summed E-state index contributed by atoms with van der Waals surface area (Å²) >= 11 is 0. The van der Waals surface area contributed by atoms with Crippen molar-refractivity contribution >= 4 is 10.0 Å². The number of nitrogens with zero attached hydrogens (tertiary/aromatic N) is 1. The molecule has 0 bridgehead atoms. The third kappa shape index (κ3) is 4.59. The zero-order valence-corrected chi connectivity index (χ0v) is 13.5.